The van der Waals surface area contributed by atoms with Gasteiger partial charge in [-0.1, -0.05) is 30.3 Å². The maximum atomic E-state index is 11.2. The van der Waals surface area contributed by atoms with Crippen LogP contribution in [0.25, 0.3) is 0 Å². The molecule has 0 saturated heterocycles. The second-order valence-electron chi connectivity index (χ2n) is 3.04. The highest BCUT2D eigenvalue weighted by Gasteiger charge is 2.08. The van der Waals surface area contributed by atoms with Gasteiger partial charge in [0.15, 0.2) is 5.76 Å². The van der Waals surface area contributed by atoms with E-state index in [0.717, 1.165) is 5.56 Å². The fourth-order valence-electron chi connectivity index (χ4n) is 1.05. The Labute approximate surface area is 92.0 Å². The lowest BCUT2D eigenvalue weighted by molar-refractivity contribution is -0.132. The van der Waals surface area contributed by atoms with Crippen molar-refractivity contribution in [3.05, 3.63) is 47.7 Å². The van der Waals surface area contributed by atoms with Crippen molar-refractivity contribution in [2.45, 2.75) is 6.54 Å². The molecule has 16 heavy (non-hydrogen) atoms. The molecule has 0 saturated carbocycles. The average molecular weight is 221 g/mol. The summed E-state index contributed by atoms with van der Waals surface area (Å²) in [6.45, 7) is 0.233. The summed E-state index contributed by atoms with van der Waals surface area (Å²) in [7, 11) is 0. The molecule has 1 amide bonds. The predicted octanol–water partition coefficient (Wildman–Crippen LogP) is 0.829. The van der Waals surface area contributed by atoms with Crippen LogP contribution in [-0.4, -0.2) is 22.1 Å². The average Bonchev–Trinajstić information content (AvgIpc) is 2.26. The zero-order chi connectivity index (χ0) is 12.0. The lowest BCUT2D eigenvalue weighted by atomic mass is 10.2. The monoisotopic (exact) mass is 221 g/mol. The Morgan fingerprint density at radius 1 is 1.19 bits per heavy atom. The van der Waals surface area contributed by atoms with E-state index in [9.17, 15) is 9.59 Å². The molecule has 0 aromatic heterocycles. The maximum Gasteiger partial charge on any atom is 0.332 e. The zero-order valence-electron chi connectivity index (χ0n) is 8.38. The summed E-state index contributed by atoms with van der Waals surface area (Å²) in [4.78, 5) is 21.3. The summed E-state index contributed by atoms with van der Waals surface area (Å²) in [6.07, 6.45) is 0.445. The minimum absolute atomic E-state index is 0.233. The fourth-order valence-corrected chi connectivity index (χ4v) is 1.05. The van der Waals surface area contributed by atoms with Crippen LogP contribution in [0.3, 0.4) is 0 Å². The lowest BCUT2D eigenvalue weighted by Gasteiger charge is -2.03. The van der Waals surface area contributed by atoms with Gasteiger partial charge in [-0.15, -0.1) is 0 Å². The Morgan fingerprint density at radius 2 is 1.81 bits per heavy atom. The van der Waals surface area contributed by atoms with Crippen molar-refractivity contribution in [1.29, 1.82) is 0 Å². The number of aliphatic hydroxyl groups excluding tert-OH is 1. The van der Waals surface area contributed by atoms with Crippen LogP contribution in [0.5, 0.6) is 0 Å². The van der Waals surface area contributed by atoms with Gasteiger partial charge in [-0.3, -0.25) is 4.79 Å². The Balaban J connectivity index is 2.51. The molecule has 0 aliphatic rings. The molecule has 0 atom stereocenters. The van der Waals surface area contributed by atoms with Crippen LogP contribution in [0.15, 0.2) is 42.2 Å². The first kappa shape index (κ1) is 11.8. The van der Waals surface area contributed by atoms with Crippen LogP contribution in [-0.2, 0) is 16.1 Å². The minimum atomic E-state index is -1.37. The first-order valence-electron chi connectivity index (χ1n) is 4.55. The van der Waals surface area contributed by atoms with Crippen molar-refractivity contribution >= 4 is 11.9 Å². The van der Waals surface area contributed by atoms with Crippen LogP contribution in [0.2, 0.25) is 0 Å². The van der Waals surface area contributed by atoms with Crippen molar-refractivity contribution in [1.82, 2.24) is 5.32 Å². The van der Waals surface area contributed by atoms with Crippen LogP contribution in [0.1, 0.15) is 5.56 Å². The van der Waals surface area contributed by atoms with Gasteiger partial charge in [0, 0.05) is 6.54 Å². The second-order valence-corrected chi connectivity index (χ2v) is 3.04. The fraction of sp³-hybridized carbons (Fsp3) is 0.0909. The molecule has 0 bridgehead atoms. The molecule has 1 aromatic rings. The number of carbonyl (C=O) groups is 2. The molecular weight excluding hydrogens is 210 g/mol. The third-order valence-electron chi connectivity index (χ3n) is 1.79. The molecule has 0 heterocycles. The van der Waals surface area contributed by atoms with E-state index >= 15 is 0 Å². The van der Waals surface area contributed by atoms with E-state index < -0.39 is 17.6 Å². The van der Waals surface area contributed by atoms with Gasteiger partial charge in [0.25, 0.3) is 5.91 Å². The van der Waals surface area contributed by atoms with Gasteiger partial charge in [-0.25, -0.2) is 4.79 Å². The Hall–Kier alpha value is -2.30. The summed E-state index contributed by atoms with van der Waals surface area (Å²) in [6, 6.07) is 9.08. The number of benzene rings is 1. The van der Waals surface area contributed by atoms with Gasteiger partial charge in [-0.2, -0.15) is 0 Å². The van der Waals surface area contributed by atoms with E-state index in [4.69, 9.17) is 10.2 Å². The van der Waals surface area contributed by atoms with E-state index in [0.29, 0.717) is 6.08 Å². The molecule has 0 aliphatic heterocycles. The summed E-state index contributed by atoms with van der Waals surface area (Å²) >= 11 is 0. The normalized spacial score (nSPS) is 10.9. The zero-order valence-corrected chi connectivity index (χ0v) is 8.38. The maximum absolute atomic E-state index is 11.2. The number of hydrogen-bond acceptors (Lipinski definition) is 3. The van der Waals surface area contributed by atoms with Crippen LogP contribution in [0.4, 0.5) is 0 Å². The molecule has 5 nitrogen and oxygen atoms in total. The standard InChI is InChI=1S/C11H11NO4/c13-9(6-10(14)15)11(16)12-7-8-4-2-1-3-5-8/h1-6,13H,7H2,(H,12,16)(H,14,15)/b9-6-. The number of carboxylic acids is 1. The molecule has 0 radical (unpaired) electrons. The van der Waals surface area contributed by atoms with Gasteiger partial charge in [0.1, 0.15) is 0 Å². The molecule has 3 N–H and O–H groups in total. The molecule has 0 unspecified atom stereocenters. The van der Waals surface area contributed by atoms with Gasteiger partial charge < -0.3 is 15.5 Å². The largest absolute Gasteiger partial charge is 0.503 e. The number of hydrogen-bond donors (Lipinski definition) is 3. The van der Waals surface area contributed by atoms with Crippen LogP contribution in [0, 0.1) is 0 Å². The topological polar surface area (TPSA) is 86.6 Å². The third kappa shape index (κ3) is 3.83. The number of aliphatic carboxylic acids is 1. The highest BCUT2D eigenvalue weighted by molar-refractivity contribution is 5.96. The van der Waals surface area contributed by atoms with E-state index in [1.807, 2.05) is 18.2 Å². The number of nitrogens with one attached hydrogen (secondary N) is 1. The van der Waals surface area contributed by atoms with Gasteiger partial charge in [0.05, 0.1) is 6.08 Å². The Bertz CT molecular complexity index is 411. The first-order chi connectivity index (χ1) is 7.59. The van der Waals surface area contributed by atoms with Gasteiger partial charge in [0.2, 0.25) is 0 Å². The number of carbonyl (C=O) groups excluding carboxylic acids is 1. The van der Waals surface area contributed by atoms with Crippen molar-refractivity contribution in [2.24, 2.45) is 0 Å². The molecular formula is C11H11NO4. The quantitative estimate of drug-likeness (QED) is 0.519. The molecule has 1 rings (SSSR count). The van der Waals surface area contributed by atoms with E-state index in [1.54, 1.807) is 12.1 Å². The van der Waals surface area contributed by atoms with Gasteiger partial charge >= 0.3 is 5.97 Å². The summed E-state index contributed by atoms with van der Waals surface area (Å²) in [5.74, 6) is -3.00. The molecule has 5 heteroatoms. The molecule has 0 aliphatic carbocycles. The van der Waals surface area contributed by atoms with Gasteiger partial charge in [-0.05, 0) is 5.56 Å². The lowest BCUT2D eigenvalue weighted by Crippen LogP contribution is -2.24. The molecule has 0 spiro atoms. The van der Waals surface area contributed by atoms with E-state index in [-0.39, 0.29) is 6.54 Å². The van der Waals surface area contributed by atoms with E-state index in [2.05, 4.69) is 5.32 Å². The van der Waals surface area contributed by atoms with Crippen LogP contribution >= 0.6 is 0 Å². The highest BCUT2D eigenvalue weighted by Crippen LogP contribution is 1.98. The number of amides is 1. The SMILES string of the molecule is O=C(O)/C=C(\O)C(=O)NCc1ccccc1. The van der Waals surface area contributed by atoms with Crippen molar-refractivity contribution < 1.29 is 19.8 Å². The molecule has 0 fully saturated rings. The van der Waals surface area contributed by atoms with Crippen molar-refractivity contribution in [2.75, 3.05) is 0 Å². The summed E-state index contributed by atoms with van der Waals surface area (Å²) in [5, 5.41) is 19.7. The van der Waals surface area contributed by atoms with Crippen molar-refractivity contribution in [3.63, 3.8) is 0 Å². The Morgan fingerprint density at radius 3 is 2.38 bits per heavy atom. The third-order valence-corrected chi connectivity index (χ3v) is 1.79. The molecule has 1 aromatic carbocycles. The smallest absolute Gasteiger partial charge is 0.332 e. The first-order valence-corrected chi connectivity index (χ1v) is 4.55. The highest BCUT2D eigenvalue weighted by atomic mass is 16.4. The van der Waals surface area contributed by atoms with Crippen LogP contribution < -0.4 is 5.32 Å². The number of carboxylic acid groups (broad SMARTS) is 1. The summed E-state index contributed by atoms with van der Waals surface area (Å²) < 4.78 is 0. The number of rotatable bonds is 4. The van der Waals surface area contributed by atoms with Crippen molar-refractivity contribution in [3.8, 4) is 0 Å². The summed E-state index contributed by atoms with van der Waals surface area (Å²) in [5.41, 5.74) is 0.860. The predicted molar refractivity (Wildman–Crippen MR) is 56.6 cm³/mol. The Kier molecular flexibility index (Phi) is 4.08. The minimum Gasteiger partial charge on any atom is -0.503 e. The number of aliphatic hydroxyl groups is 1. The van der Waals surface area contributed by atoms with E-state index in [1.165, 1.54) is 0 Å². The second kappa shape index (κ2) is 5.55. The molecule has 84 valence electrons.